The maximum atomic E-state index is 13.0. The Morgan fingerprint density at radius 3 is 2.27 bits per heavy atom. The van der Waals surface area contributed by atoms with Gasteiger partial charge in [-0.25, -0.2) is 9.69 Å². The number of benzene rings is 3. The third kappa shape index (κ3) is 2.65. The highest BCUT2D eigenvalue weighted by Gasteiger charge is 2.37. The van der Waals surface area contributed by atoms with E-state index in [9.17, 15) is 14.4 Å². The van der Waals surface area contributed by atoms with Crippen LogP contribution in [-0.4, -0.2) is 17.8 Å². The van der Waals surface area contributed by atoms with Crippen LogP contribution in [-0.2, 0) is 9.59 Å². The Bertz CT molecular complexity index is 1070. The van der Waals surface area contributed by atoms with Gasteiger partial charge in [0.1, 0.15) is 5.57 Å². The van der Waals surface area contributed by atoms with Gasteiger partial charge in [-0.05, 0) is 23.1 Å². The lowest BCUT2D eigenvalue weighted by Crippen LogP contribution is -2.54. The number of rotatable bonds is 2. The van der Waals surface area contributed by atoms with Gasteiger partial charge in [0.15, 0.2) is 0 Å². The Labute approximate surface area is 149 Å². The van der Waals surface area contributed by atoms with Crippen molar-refractivity contribution in [2.45, 2.75) is 0 Å². The fourth-order valence-electron chi connectivity index (χ4n) is 3.00. The maximum Gasteiger partial charge on any atom is 0.335 e. The molecule has 4 amide bonds. The number of hydrogen-bond acceptors (Lipinski definition) is 3. The number of fused-ring (bicyclic) bond motifs is 1. The average Bonchev–Trinajstić information content (AvgIpc) is 2.66. The van der Waals surface area contributed by atoms with E-state index < -0.39 is 17.8 Å². The van der Waals surface area contributed by atoms with E-state index in [1.807, 2.05) is 48.5 Å². The van der Waals surface area contributed by atoms with E-state index in [2.05, 4.69) is 5.32 Å². The molecule has 5 heteroatoms. The molecular formula is C21H14N2O3. The molecule has 1 saturated heterocycles. The molecule has 3 aromatic carbocycles. The molecule has 1 aliphatic heterocycles. The van der Waals surface area contributed by atoms with E-state index in [-0.39, 0.29) is 5.57 Å². The van der Waals surface area contributed by atoms with Crippen LogP contribution < -0.4 is 10.2 Å². The molecule has 4 rings (SSSR count). The van der Waals surface area contributed by atoms with Crippen molar-refractivity contribution in [1.29, 1.82) is 0 Å². The number of barbiturate groups is 1. The zero-order chi connectivity index (χ0) is 18.1. The minimum atomic E-state index is -0.749. The van der Waals surface area contributed by atoms with Crippen LogP contribution in [0.15, 0.2) is 78.4 Å². The summed E-state index contributed by atoms with van der Waals surface area (Å²) in [5.74, 6) is -1.33. The normalized spacial score (nSPS) is 16.2. The number of hydrogen-bond donors (Lipinski definition) is 1. The fraction of sp³-hybridized carbons (Fsp3) is 0. The van der Waals surface area contributed by atoms with Gasteiger partial charge in [-0.15, -0.1) is 0 Å². The van der Waals surface area contributed by atoms with Crippen molar-refractivity contribution in [1.82, 2.24) is 5.32 Å². The summed E-state index contributed by atoms with van der Waals surface area (Å²) in [6.07, 6.45) is 1.49. The second-order valence-corrected chi connectivity index (χ2v) is 5.87. The number of imide groups is 2. The number of amides is 4. The molecule has 0 bridgehead atoms. The molecule has 0 radical (unpaired) electrons. The van der Waals surface area contributed by atoms with Crippen LogP contribution in [0.25, 0.3) is 16.8 Å². The minimum absolute atomic E-state index is 0.0799. The molecule has 5 nitrogen and oxygen atoms in total. The van der Waals surface area contributed by atoms with Gasteiger partial charge in [0, 0.05) is 5.39 Å². The van der Waals surface area contributed by atoms with Crippen molar-refractivity contribution < 1.29 is 14.4 Å². The van der Waals surface area contributed by atoms with E-state index >= 15 is 0 Å². The number of anilines is 1. The lowest BCUT2D eigenvalue weighted by Gasteiger charge is -2.27. The summed E-state index contributed by atoms with van der Waals surface area (Å²) in [5, 5.41) is 3.91. The van der Waals surface area contributed by atoms with Crippen LogP contribution in [0.5, 0.6) is 0 Å². The number of urea groups is 1. The van der Waals surface area contributed by atoms with Crippen LogP contribution in [0.4, 0.5) is 10.5 Å². The van der Waals surface area contributed by atoms with Gasteiger partial charge in [-0.1, -0.05) is 66.7 Å². The Morgan fingerprint density at radius 2 is 1.46 bits per heavy atom. The van der Waals surface area contributed by atoms with Gasteiger partial charge in [-0.3, -0.25) is 14.9 Å². The van der Waals surface area contributed by atoms with Gasteiger partial charge in [0.25, 0.3) is 11.8 Å². The number of carbonyl (C=O) groups excluding carboxylic acids is 3. The first-order valence-corrected chi connectivity index (χ1v) is 8.09. The smallest absolute Gasteiger partial charge is 0.273 e. The van der Waals surface area contributed by atoms with Gasteiger partial charge >= 0.3 is 6.03 Å². The highest BCUT2D eigenvalue weighted by atomic mass is 16.2. The molecular weight excluding hydrogens is 328 g/mol. The first-order chi connectivity index (χ1) is 12.6. The highest BCUT2D eigenvalue weighted by molar-refractivity contribution is 6.40. The van der Waals surface area contributed by atoms with Crippen molar-refractivity contribution in [2.75, 3.05) is 4.90 Å². The zero-order valence-corrected chi connectivity index (χ0v) is 13.7. The first kappa shape index (κ1) is 15.8. The summed E-state index contributed by atoms with van der Waals surface area (Å²) in [5.41, 5.74) is 1.07. The van der Waals surface area contributed by atoms with E-state index in [1.54, 1.807) is 24.3 Å². The molecule has 0 aliphatic carbocycles. The molecule has 0 aromatic heterocycles. The largest absolute Gasteiger partial charge is 0.335 e. The van der Waals surface area contributed by atoms with Gasteiger partial charge < -0.3 is 0 Å². The predicted octanol–water partition coefficient (Wildman–Crippen LogP) is 3.51. The summed E-state index contributed by atoms with van der Waals surface area (Å²) in [4.78, 5) is 38.6. The SMILES string of the molecule is O=C1NC(=O)N(c2cccc3ccccc23)C(=O)C1=Cc1ccccc1. The standard InChI is InChI=1S/C21H14N2O3/c24-19-17(13-14-7-2-1-3-8-14)20(25)23(21(26)22-19)18-12-6-10-15-9-4-5-11-16(15)18/h1-13H,(H,22,24,26). The van der Waals surface area contributed by atoms with Crippen LogP contribution in [0.2, 0.25) is 0 Å². The average molecular weight is 342 g/mol. The van der Waals surface area contributed by atoms with E-state index in [0.29, 0.717) is 11.3 Å². The highest BCUT2D eigenvalue weighted by Crippen LogP contribution is 2.29. The van der Waals surface area contributed by atoms with Crippen molar-refractivity contribution in [2.24, 2.45) is 0 Å². The number of nitrogens with zero attached hydrogens (tertiary/aromatic N) is 1. The summed E-state index contributed by atoms with van der Waals surface area (Å²) < 4.78 is 0. The van der Waals surface area contributed by atoms with Crippen LogP contribution in [0, 0.1) is 0 Å². The lowest BCUT2D eigenvalue weighted by molar-refractivity contribution is -0.122. The minimum Gasteiger partial charge on any atom is -0.273 e. The van der Waals surface area contributed by atoms with Gasteiger partial charge in [0.2, 0.25) is 0 Å². The van der Waals surface area contributed by atoms with Crippen LogP contribution in [0.1, 0.15) is 5.56 Å². The molecule has 26 heavy (non-hydrogen) atoms. The maximum absolute atomic E-state index is 13.0. The summed E-state index contributed by atoms with van der Waals surface area (Å²) >= 11 is 0. The second kappa shape index (κ2) is 6.29. The van der Waals surface area contributed by atoms with Crippen LogP contribution in [0.3, 0.4) is 0 Å². The first-order valence-electron chi connectivity index (χ1n) is 8.09. The molecule has 3 aromatic rings. The number of carbonyl (C=O) groups is 3. The summed E-state index contributed by atoms with van der Waals surface area (Å²) in [6.45, 7) is 0. The molecule has 0 atom stereocenters. The van der Waals surface area contributed by atoms with Gasteiger partial charge in [0.05, 0.1) is 5.69 Å². The molecule has 0 saturated carbocycles. The molecule has 1 aliphatic rings. The summed E-state index contributed by atoms with van der Waals surface area (Å²) in [7, 11) is 0. The summed E-state index contributed by atoms with van der Waals surface area (Å²) in [6, 6.07) is 21.1. The van der Waals surface area contributed by atoms with E-state index in [4.69, 9.17) is 0 Å². The second-order valence-electron chi connectivity index (χ2n) is 5.87. The molecule has 1 fully saturated rings. The van der Waals surface area contributed by atoms with Crippen molar-refractivity contribution in [3.63, 3.8) is 0 Å². The third-order valence-electron chi connectivity index (χ3n) is 4.22. The Kier molecular flexibility index (Phi) is 3.82. The number of nitrogens with one attached hydrogen (secondary N) is 1. The third-order valence-corrected chi connectivity index (χ3v) is 4.22. The van der Waals surface area contributed by atoms with Crippen molar-refractivity contribution in [3.05, 3.63) is 83.9 Å². The molecule has 0 unspecified atom stereocenters. The van der Waals surface area contributed by atoms with Crippen molar-refractivity contribution >= 4 is 40.4 Å². The zero-order valence-electron chi connectivity index (χ0n) is 13.7. The molecule has 1 heterocycles. The monoisotopic (exact) mass is 342 g/mol. The van der Waals surface area contributed by atoms with E-state index in [0.717, 1.165) is 15.7 Å². The van der Waals surface area contributed by atoms with Crippen LogP contribution >= 0.6 is 0 Å². The Morgan fingerprint density at radius 1 is 0.769 bits per heavy atom. The molecule has 126 valence electrons. The fourth-order valence-corrected chi connectivity index (χ4v) is 3.00. The lowest BCUT2D eigenvalue weighted by atomic mass is 10.0. The topological polar surface area (TPSA) is 66.5 Å². The van der Waals surface area contributed by atoms with Gasteiger partial charge in [-0.2, -0.15) is 0 Å². The van der Waals surface area contributed by atoms with Crippen molar-refractivity contribution in [3.8, 4) is 0 Å². The quantitative estimate of drug-likeness (QED) is 0.572. The Hall–Kier alpha value is -3.73. The van der Waals surface area contributed by atoms with E-state index in [1.165, 1.54) is 6.08 Å². The molecule has 1 N–H and O–H groups in total. The predicted molar refractivity (Wildman–Crippen MR) is 99.4 cm³/mol. The molecule has 0 spiro atoms. The Balaban J connectivity index is 1.83.